The predicted octanol–water partition coefficient (Wildman–Crippen LogP) is 2.75. The van der Waals surface area contributed by atoms with Crippen LogP contribution < -0.4 is 5.32 Å². The molecule has 1 atom stereocenters. The number of carbonyl (C=O) groups excluding carboxylic acids is 1. The Morgan fingerprint density at radius 2 is 1.85 bits per heavy atom. The summed E-state index contributed by atoms with van der Waals surface area (Å²) >= 11 is 0.920. The van der Waals surface area contributed by atoms with E-state index in [9.17, 15) is 18.4 Å². The van der Waals surface area contributed by atoms with Crippen molar-refractivity contribution >= 4 is 29.3 Å². The van der Waals surface area contributed by atoms with Crippen molar-refractivity contribution in [3.8, 4) is 0 Å². The van der Waals surface area contributed by atoms with Crippen LogP contribution in [0.15, 0.2) is 18.2 Å². The van der Waals surface area contributed by atoms with Gasteiger partial charge in [0.15, 0.2) is 0 Å². The van der Waals surface area contributed by atoms with Crippen molar-refractivity contribution in [3.63, 3.8) is 0 Å². The average molecular weight is 303 g/mol. The first-order chi connectivity index (χ1) is 9.32. The molecular formula is C13H15F2NO3S. The molecule has 1 amide bonds. The number of rotatable bonds is 6. The fourth-order valence-electron chi connectivity index (χ4n) is 1.51. The minimum atomic E-state index is -1.02. The van der Waals surface area contributed by atoms with Crippen LogP contribution in [0.1, 0.15) is 13.8 Å². The van der Waals surface area contributed by atoms with Crippen molar-refractivity contribution in [2.45, 2.75) is 19.1 Å². The van der Waals surface area contributed by atoms with Gasteiger partial charge in [0.05, 0.1) is 5.75 Å². The van der Waals surface area contributed by atoms with Gasteiger partial charge in [0.2, 0.25) is 5.91 Å². The Morgan fingerprint density at radius 3 is 2.30 bits per heavy atom. The first-order valence-electron chi connectivity index (χ1n) is 5.91. The highest BCUT2D eigenvalue weighted by Crippen LogP contribution is 2.22. The number of para-hydroxylation sites is 1. The molecule has 0 heterocycles. The Bertz CT molecular complexity index is 488. The highest BCUT2D eigenvalue weighted by molar-refractivity contribution is 8.01. The van der Waals surface area contributed by atoms with E-state index in [-0.39, 0.29) is 11.7 Å². The first kappa shape index (κ1) is 16.4. The molecule has 0 spiro atoms. The Kier molecular flexibility index (Phi) is 5.94. The minimum absolute atomic E-state index is 0.157. The SMILES string of the molecule is CC(C)C(SCC(=O)Nc1c(F)cccc1F)C(=O)O. The second-order valence-corrected chi connectivity index (χ2v) is 5.59. The van der Waals surface area contributed by atoms with Crippen molar-refractivity contribution in [1.82, 2.24) is 0 Å². The fourth-order valence-corrected chi connectivity index (χ4v) is 2.44. The molecule has 0 saturated heterocycles. The lowest BCUT2D eigenvalue weighted by Gasteiger charge is -2.15. The number of carboxylic acid groups (broad SMARTS) is 1. The number of hydrogen-bond donors (Lipinski definition) is 2. The summed E-state index contributed by atoms with van der Waals surface area (Å²) in [4.78, 5) is 22.6. The zero-order chi connectivity index (χ0) is 15.3. The number of amides is 1. The Labute approximate surface area is 119 Å². The standard InChI is InChI=1S/C13H15F2NO3S/c1-7(2)12(13(18)19)20-6-10(17)16-11-8(14)4-3-5-9(11)15/h3-5,7,12H,6H2,1-2H3,(H,16,17)(H,18,19). The summed E-state index contributed by atoms with van der Waals surface area (Å²) < 4.78 is 26.6. The number of carbonyl (C=O) groups is 2. The van der Waals surface area contributed by atoms with Gasteiger partial charge in [-0.1, -0.05) is 19.9 Å². The molecule has 0 fully saturated rings. The number of hydrogen-bond acceptors (Lipinski definition) is 3. The Morgan fingerprint density at radius 1 is 1.30 bits per heavy atom. The quantitative estimate of drug-likeness (QED) is 0.848. The maximum Gasteiger partial charge on any atom is 0.316 e. The minimum Gasteiger partial charge on any atom is -0.480 e. The summed E-state index contributed by atoms with van der Waals surface area (Å²) in [6, 6.07) is 3.24. The second kappa shape index (κ2) is 7.23. The number of nitrogens with one attached hydrogen (secondary N) is 1. The van der Waals surface area contributed by atoms with Crippen LogP contribution in [0.2, 0.25) is 0 Å². The number of thioether (sulfide) groups is 1. The number of benzene rings is 1. The highest BCUT2D eigenvalue weighted by atomic mass is 32.2. The van der Waals surface area contributed by atoms with Crippen molar-refractivity contribution in [1.29, 1.82) is 0 Å². The van der Waals surface area contributed by atoms with Gasteiger partial charge in [0.25, 0.3) is 0 Å². The summed E-state index contributed by atoms with van der Waals surface area (Å²) in [6.07, 6.45) is 0. The lowest BCUT2D eigenvalue weighted by Crippen LogP contribution is -2.26. The van der Waals surface area contributed by atoms with E-state index in [0.717, 1.165) is 23.9 Å². The molecule has 2 N–H and O–H groups in total. The van der Waals surface area contributed by atoms with Gasteiger partial charge in [0.1, 0.15) is 22.6 Å². The summed E-state index contributed by atoms with van der Waals surface area (Å²) in [5.74, 6) is -3.76. The molecule has 20 heavy (non-hydrogen) atoms. The lowest BCUT2D eigenvalue weighted by atomic mass is 10.1. The van der Waals surface area contributed by atoms with E-state index >= 15 is 0 Å². The molecular weight excluding hydrogens is 288 g/mol. The van der Waals surface area contributed by atoms with Crippen molar-refractivity contribution < 1.29 is 23.5 Å². The molecule has 1 aromatic carbocycles. The van der Waals surface area contributed by atoms with Gasteiger partial charge < -0.3 is 10.4 Å². The van der Waals surface area contributed by atoms with Gasteiger partial charge in [0, 0.05) is 0 Å². The lowest BCUT2D eigenvalue weighted by molar-refractivity contribution is -0.137. The number of anilines is 1. The van der Waals surface area contributed by atoms with Crippen LogP contribution in [0, 0.1) is 17.6 Å². The van der Waals surface area contributed by atoms with Crippen molar-refractivity contribution in [3.05, 3.63) is 29.8 Å². The highest BCUT2D eigenvalue weighted by Gasteiger charge is 2.23. The molecule has 0 aliphatic rings. The summed E-state index contributed by atoms with van der Waals surface area (Å²) in [7, 11) is 0. The zero-order valence-electron chi connectivity index (χ0n) is 11.0. The molecule has 1 rings (SSSR count). The second-order valence-electron chi connectivity index (χ2n) is 4.46. The Hall–Kier alpha value is -1.63. The third kappa shape index (κ3) is 4.48. The topological polar surface area (TPSA) is 66.4 Å². The van der Waals surface area contributed by atoms with Crippen LogP contribution in [0.4, 0.5) is 14.5 Å². The van der Waals surface area contributed by atoms with Gasteiger partial charge in [-0.15, -0.1) is 11.8 Å². The summed E-state index contributed by atoms with van der Waals surface area (Å²) in [5.41, 5.74) is -0.519. The van der Waals surface area contributed by atoms with Gasteiger partial charge >= 0.3 is 5.97 Å². The van der Waals surface area contributed by atoms with Crippen LogP contribution in [0.5, 0.6) is 0 Å². The van der Waals surface area contributed by atoms with E-state index in [0.29, 0.717) is 0 Å². The smallest absolute Gasteiger partial charge is 0.316 e. The summed E-state index contributed by atoms with van der Waals surface area (Å²) in [6.45, 7) is 3.44. The maximum atomic E-state index is 13.3. The van der Waals surface area contributed by atoms with Crippen LogP contribution in [-0.4, -0.2) is 28.0 Å². The fraction of sp³-hybridized carbons (Fsp3) is 0.385. The van der Waals surface area contributed by atoms with Gasteiger partial charge in [-0.3, -0.25) is 9.59 Å². The monoisotopic (exact) mass is 303 g/mol. The zero-order valence-corrected chi connectivity index (χ0v) is 11.8. The van der Waals surface area contributed by atoms with E-state index in [1.165, 1.54) is 6.07 Å². The molecule has 0 radical (unpaired) electrons. The molecule has 0 saturated carbocycles. The normalized spacial score (nSPS) is 12.2. The van der Waals surface area contributed by atoms with Gasteiger partial charge in [-0.25, -0.2) is 8.78 Å². The molecule has 0 bridgehead atoms. The molecule has 0 aliphatic carbocycles. The Balaban J connectivity index is 2.62. The van der Waals surface area contributed by atoms with E-state index < -0.39 is 34.4 Å². The number of carboxylic acids is 1. The molecule has 0 aliphatic heterocycles. The predicted molar refractivity (Wildman–Crippen MR) is 73.7 cm³/mol. The van der Waals surface area contributed by atoms with Crippen LogP contribution >= 0.6 is 11.8 Å². The van der Waals surface area contributed by atoms with E-state index in [1.54, 1.807) is 13.8 Å². The molecule has 110 valence electrons. The van der Waals surface area contributed by atoms with Gasteiger partial charge in [-0.2, -0.15) is 0 Å². The number of halogens is 2. The van der Waals surface area contributed by atoms with Crippen LogP contribution in [-0.2, 0) is 9.59 Å². The number of aliphatic carboxylic acids is 1. The summed E-state index contributed by atoms with van der Waals surface area (Å²) in [5, 5.41) is 10.3. The van der Waals surface area contributed by atoms with Crippen LogP contribution in [0.25, 0.3) is 0 Å². The maximum absolute atomic E-state index is 13.3. The molecule has 1 aromatic rings. The molecule has 7 heteroatoms. The largest absolute Gasteiger partial charge is 0.480 e. The van der Waals surface area contributed by atoms with E-state index in [1.807, 2.05) is 0 Å². The third-order valence-corrected chi connectivity index (χ3v) is 4.00. The van der Waals surface area contributed by atoms with Crippen molar-refractivity contribution in [2.24, 2.45) is 5.92 Å². The van der Waals surface area contributed by atoms with Crippen LogP contribution in [0.3, 0.4) is 0 Å². The third-order valence-electron chi connectivity index (χ3n) is 2.47. The van der Waals surface area contributed by atoms with Gasteiger partial charge in [-0.05, 0) is 18.1 Å². The van der Waals surface area contributed by atoms with E-state index in [4.69, 9.17) is 5.11 Å². The van der Waals surface area contributed by atoms with Crippen molar-refractivity contribution in [2.75, 3.05) is 11.1 Å². The molecule has 1 unspecified atom stereocenters. The molecule has 0 aromatic heterocycles. The average Bonchev–Trinajstić information content (AvgIpc) is 2.33. The molecule has 4 nitrogen and oxygen atoms in total. The first-order valence-corrected chi connectivity index (χ1v) is 6.96. The van der Waals surface area contributed by atoms with E-state index in [2.05, 4.69) is 5.32 Å².